The van der Waals surface area contributed by atoms with Crippen LogP contribution in [-0.2, 0) is 14.8 Å². The molecule has 106 valence electrons. The van der Waals surface area contributed by atoms with Gasteiger partial charge in [0.1, 0.15) is 16.1 Å². The predicted molar refractivity (Wildman–Crippen MR) is 74.0 cm³/mol. The van der Waals surface area contributed by atoms with Gasteiger partial charge in [0, 0.05) is 6.20 Å². The largest absolute Gasteiger partial charge is 0.480 e. The second kappa shape index (κ2) is 7.09. The van der Waals surface area contributed by atoms with E-state index in [-0.39, 0.29) is 16.5 Å². The van der Waals surface area contributed by atoms with E-state index in [1.165, 1.54) is 30.1 Å². The molecule has 2 N–H and O–H groups in total. The Labute approximate surface area is 120 Å². The van der Waals surface area contributed by atoms with Crippen molar-refractivity contribution in [1.29, 1.82) is 0 Å². The molecule has 0 fully saturated rings. The molecule has 0 saturated carbocycles. The van der Waals surface area contributed by atoms with Gasteiger partial charge in [-0.3, -0.25) is 4.79 Å². The van der Waals surface area contributed by atoms with E-state index in [1.807, 2.05) is 6.26 Å². The van der Waals surface area contributed by atoms with E-state index < -0.39 is 22.0 Å². The molecule has 1 aromatic rings. The first-order valence-electron chi connectivity index (χ1n) is 5.23. The van der Waals surface area contributed by atoms with Gasteiger partial charge in [-0.2, -0.15) is 16.5 Å². The first-order chi connectivity index (χ1) is 8.88. The zero-order chi connectivity index (χ0) is 14.5. The number of carbonyl (C=O) groups is 1. The third-order valence-electron chi connectivity index (χ3n) is 2.22. The Morgan fingerprint density at radius 2 is 2.32 bits per heavy atom. The Morgan fingerprint density at radius 3 is 2.84 bits per heavy atom. The number of carboxylic acids is 1. The standard InChI is InChI=1S/C10H13ClN2O4S2/c1-18-6-4-7(10(14)15)13-19(16,17)8-3-2-5-12-9(8)11/h2-3,5,7,13H,4,6H2,1H3,(H,14,15)/t7-/m0/s1. The van der Waals surface area contributed by atoms with E-state index in [2.05, 4.69) is 9.71 Å². The van der Waals surface area contributed by atoms with Gasteiger partial charge in [0.25, 0.3) is 0 Å². The number of rotatable bonds is 7. The first-order valence-corrected chi connectivity index (χ1v) is 8.48. The Bertz CT molecular complexity index is 550. The van der Waals surface area contributed by atoms with Crippen molar-refractivity contribution in [2.75, 3.05) is 12.0 Å². The highest BCUT2D eigenvalue weighted by Gasteiger charge is 2.26. The van der Waals surface area contributed by atoms with Crippen LogP contribution in [0.25, 0.3) is 0 Å². The minimum atomic E-state index is -4.00. The first kappa shape index (κ1) is 16.2. The van der Waals surface area contributed by atoms with E-state index >= 15 is 0 Å². The van der Waals surface area contributed by atoms with Gasteiger partial charge in [-0.15, -0.1) is 0 Å². The molecule has 0 unspecified atom stereocenters. The fourth-order valence-electron chi connectivity index (χ4n) is 1.29. The van der Waals surface area contributed by atoms with Gasteiger partial charge in [-0.1, -0.05) is 11.6 Å². The van der Waals surface area contributed by atoms with Gasteiger partial charge in [0.2, 0.25) is 10.0 Å². The predicted octanol–water partition coefficient (Wildman–Crippen LogP) is 1.22. The number of sulfonamides is 1. The number of thioether (sulfide) groups is 1. The Balaban J connectivity index is 2.95. The molecule has 0 bridgehead atoms. The number of aliphatic carboxylic acids is 1. The van der Waals surface area contributed by atoms with Crippen LogP contribution >= 0.6 is 23.4 Å². The highest BCUT2D eigenvalue weighted by Crippen LogP contribution is 2.18. The summed E-state index contributed by atoms with van der Waals surface area (Å²) in [5, 5.41) is 8.80. The van der Waals surface area contributed by atoms with Gasteiger partial charge >= 0.3 is 5.97 Å². The summed E-state index contributed by atoms with van der Waals surface area (Å²) in [5.74, 6) is -0.696. The molecule has 0 radical (unpaired) electrons. The average molecular weight is 325 g/mol. The zero-order valence-electron chi connectivity index (χ0n) is 10.0. The molecule has 0 saturated heterocycles. The van der Waals surface area contributed by atoms with Crippen LogP contribution in [-0.4, -0.2) is 42.5 Å². The SMILES string of the molecule is CSCC[C@H](NS(=O)(=O)c1cccnc1Cl)C(=O)O. The lowest BCUT2D eigenvalue weighted by atomic mass is 10.2. The van der Waals surface area contributed by atoms with E-state index in [9.17, 15) is 13.2 Å². The van der Waals surface area contributed by atoms with Crippen molar-refractivity contribution in [2.24, 2.45) is 0 Å². The molecule has 0 aromatic carbocycles. The van der Waals surface area contributed by atoms with Crippen molar-refractivity contribution >= 4 is 39.4 Å². The van der Waals surface area contributed by atoms with E-state index in [1.54, 1.807) is 0 Å². The number of nitrogens with one attached hydrogen (secondary N) is 1. The van der Waals surface area contributed by atoms with Crippen LogP contribution in [0.5, 0.6) is 0 Å². The molecule has 0 aliphatic carbocycles. The highest BCUT2D eigenvalue weighted by atomic mass is 35.5. The molecule has 19 heavy (non-hydrogen) atoms. The van der Waals surface area contributed by atoms with Crippen LogP contribution in [0.2, 0.25) is 5.15 Å². The second-order valence-electron chi connectivity index (χ2n) is 3.59. The Kier molecular flexibility index (Phi) is 6.05. The summed E-state index contributed by atoms with van der Waals surface area (Å²) in [4.78, 5) is 14.4. The van der Waals surface area contributed by atoms with Crippen molar-refractivity contribution in [3.8, 4) is 0 Å². The van der Waals surface area contributed by atoms with Gasteiger partial charge in [0.05, 0.1) is 0 Å². The lowest BCUT2D eigenvalue weighted by Crippen LogP contribution is -2.41. The summed E-state index contributed by atoms with van der Waals surface area (Å²) in [7, 11) is -4.00. The fraction of sp³-hybridized carbons (Fsp3) is 0.400. The molecule has 1 heterocycles. The lowest BCUT2D eigenvalue weighted by molar-refractivity contribution is -0.139. The number of hydrogen-bond donors (Lipinski definition) is 2. The third-order valence-corrected chi connectivity index (χ3v) is 4.78. The number of pyridine rings is 1. The molecule has 0 aliphatic heterocycles. The molecule has 0 spiro atoms. The molecule has 0 aliphatic rings. The number of hydrogen-bond acceptors (Lipinski definition) is 5. The molecule has 6 nitrogen and oxygen atoms in total. The Morgan fingerprint density at radius 1 is 1.63 bits per heavy atom. The fourth-order valence-corrected chi connectivity index (χ4v) is 3.44. The molecular formula is C10H13ClN2O4S2. The topological polar surface area (TPSA) is 96.4 Å². The van der Waals surface area contributed by atoms with Crippen LogP contribution in [0.3, 0.4) is 0 Å². The van der Waals surface area contributed by atoms with Crippen molar-refractivity contribution in [3.05, 3.63) is 23.5 Å². The molecular weight excluding hydrogens is 312 g/mol. The minimum absolute atomic E-state index is 0.188. The van der Waals surface area contributed by atoms with Gasteiger partial charge in [-0.05, 0) is 30.6 Å². The van der Waals surface area contributed by atoms with Gasteiger partial charge in [-0.25, -0.2) is 13.4 Å². The van der Waals surface area contributed by atoms with Crippen molar-refractivity contribution in [2.45, 2.75) is 17.4 Å². The minimum Gasteiger partial charge on any atom is -0.480 e. The number of aromatic nitrogens is 1. The summed E-state index contributed by atoms with van der Waals surface area (Å²) < 4.78 is 26.2. The van der Waals surface area contributed by atoms with E-state index in [0.29, 0.717) is 5.75 Å². The average Bonchev–Trinajstić information content (AvgIpc) is 2.34. The highest BCUT2D eigenvalue weighted by molar-refractivity contribution is 7.98. The Hall–Kier alpha value is -0.830. The quantitative estimate of drug-likeness (QED) is 0.732. The summed E-state index contributed by atoms with van der Waals surface area (Å²) in [6.45, 7) is 0. The molecule has 0 amide bonds. The molecule has 1 rings (SSSR count). The molecule has 1 atom stereocenters. The summed E-state index contributed by atoms with van der Waals surface area (Å²) in [6, 6.07) is 1.50. The van der Waals surface area contributed by atoms with Crippen LogP contribution < -0.4 is 4.72 Å². The van der Waals surface area contributed by atoms with E-state index in [0.717, 1.165) is 0 Å². The maximum atomic E-state index is 12.0. The zero-order valence-corrected chi connectivity index (χ0v) is 12.4. The molecule has 1 aromatic heterocycles. The van der Waals surface area contributed by atoms with Crippen LogP contribution in [0, 0.1) is 0 Å². The van der Waals surface area contributed by atoms with E-state index in [4.69, 9.17) is 16.7 Å². The summed E-state index contributed by atoms with van der Waals surface area (Å²) >= 11 is 7.13. The smallest absolute Gasteiger partial charge is 0.321 e. The van der Waals surface area contributed by atoms with Crippen molar-refractivity contribution in [3.63, 3.8) is 0 Å². The van der Waals surface area contributed by atoms with Gasteiger partial charge < -0.3 is 5.11 Å². The number of nitrogens with zero attached hydrogens (tertiary/aromatic N) is 1. The lowest BCUT2D eigenvalue weighted by Gasteiger charge is -2.14. The summed E-state index contributed by atoms with van der Waals surface area (Å²) in [6.07, 6.45) is 3.35. The monoisotopic (exact) mass is 324 g/mol. The maximum absolute atomic E-state index is 12.0. The molecule has 9 heteroatoms. The maximum Gasteiger partial charge on any atom is 0.321 e. The van der Waals surface area contributed by atoms with Crippen molar-refractivity contribution in [1.82, 2.24) is 9.71 Å². The van der Waals surface area contributed by atoms with Crippen molar-refractivity contribution < 1.29 is 18.3 Å². The number of halogens is 1. The van der Waals surface area contributed by atoms with Crippen LogP contribution in [0.1, 0.15) is 6.42 Å². The second-order valence-corrected chi connectivity index (χ2v) is 6.61. The van der Waals surface area contributed by atoms with Crippen LogP contribution in [0.15, 0.2) is 23.2 Å². The van der Waals surface area contributed by atoms with Gasteiger partial charge in [0.15, 0.2) is 0 Å². The third kappa shape index (κ3) is 4.64. The number of carboxylic acid groups (broad SMARTS) is 1. The van der Waals surface area contributed by atoms with Crippen LogP contribution in [0.4, 0.5) is 0 Å². The summed E-state index contributed by atoms with van der Waals surface area (Å²) in [5.41, 5.74) is 0. The normalized spacial score (nSPS) is 13.2.